The van der Waals surface area contributed by atoms with E-state index in [1.54, 1.807) is 4.90 Å². The molecule has 1 aromatic rings. The Morgan fingerprint density at radius 3 is 2.54 bits per heavy atom. The maximum absolute atomic E-state index is 12.9. The van der Waals surface area contributed by atoms with Crippen LogP contribution in [0.1, 0.15) is 44.0 Å². The van der Waals surface area contributed by atoms with Crippen LogP contribution in [0.2, 0.25) is 0 Å². The maximum atomic E-state index is 12.9. The van der Waals surface area contributed by atoms with Gasteiger partial charge < -0.3 is 14.4 Å². The number of amides is 1. The van der Waals surface area contributed by atoms with Gasteiger partial charge in [-0.15, -0.1) is 0 Å². The summed E-state index contributed by atoms with van der Waals surface area (Å²) in [7, 11) is 0. The summed E-state index contributed by atoms with van der Waals surface area (Å²) >= 11 is 0. The van der Waals surface area contributed by atoms with Crippen molar-refractivity contribution in [2.45, 2.75) is 45.3 Å². The highest BCUT2D eigenvalue weighted by Gasteiger charge is 2.32. The van der Waals surface area contributed by atoms with Gasteiger partial charge in [0.15, 0.2) is 5.78 Å². The van der Waals surface area contributed by atoms with Crippen LogP contribution in [0.3, 0.4) is 0 Å². The number of rotatable bonds is 5. The number of ether oxygens (including phenoxy) is 2. The number of halogens is 1. The number of hydrogen-bond donors (Lipinski definition) is 0. The van der Waals surface area contributed by atoms with Crippen LogP contribution in [0.4, 0.5) is 9.18 Å². The van der Waals surface area contributed by atoms with E-state index in [9.17, 15) is 14.0 Å². The molecule has 1 fully saturated rings. The summed E-state index contributed by atoms with van der Waals surface area (Å²) in [5, 5.41) is 0. The second kappa shape index (κ2) is 7.75. The van der Waals surface area contributed by atoms with Gasteiger partial charge in [-0.05, 0) is 57.9 Å². The van der Waals surface area contributed by atoms with E-state index < -0.39 is 5.60 Å². The van der Waals surface area contributed by atoms with Crippen molar-refractivity contribution in [2.75, 3.05) is 19.8 Å². The van der Waals surface area contributed by atoms with E-state index in [4.69, 9.17) is 9.47 Å². The monoisotopic (exact) mass is 337 g/mol. The van der Waals surface area contributed by atoms with Gasteiger partial charge in [0.1, 0.15) is 18.0 Å². The zero-order chi connectivity index (χ0) is 17.7. The Hall–Kier alpha value is -1.95. The van der Waals surface area contributed by atoms with E-state index in [1.807, 2.05) is 20.8 Å². The van der Waals surface area contributed by atoms with Gasteiger partial charge >= 0.3 is 6.09 Å². The lowest BCUT2D eigenvalue weighted by molar-refractivity contribution is 0.0115. The molecule has 0 aliphatic carbocycles. The molecule has 1 unspecified atom stereocenters. The molecular formula is C18H24FNO4. The molecule has 1 aromatic carbocycles. The predicted molar refractivity (Wildman–Crippen MR) is 87.5 cm³/mol. The van der Waals surface area contributed by atoms with Crippen molar-refractivity contribution in [1.29, 1.82) is 0 Å². The molecule has 0 saturated carbocycles. The van der Waals surface area contributed by atoms with Crippen molar-refractivity contribution in [3.63, 3.8) is 0 Å². The Labute approximate surface area is 141 Å². The minimum absolute atomic E-state index is 0.0825. The molecule has 1 aliphatic heterocycles. The van der Waals surface area contributed by atoms with E-state index in [0.717, 1.165) is 12.8 Å². The van der Waals surface area contributed by atoms with E-state index >= 15 is 0 Å². The molecular weight excluding hydrogens is 313 g/mol. The smallest absolute Gasteiger partial charge is 0.410 e. The molecule has 1 saturated heterocycles. The fourth-order valence-electron chi connectivity index (χ4n) is 2.58. The van der Waals surface area contributed by atoms with Crippen molar-refractivity contribution < 1.29 is 23.5 Å². The summed E-state index contributed by atoms with van der Waals surface area (Å²) < 4.78 is 23.7. The summed E-state index contributed by atoms with van der Waals surface area (Å²) in [6.45, 7) is 6.31. The van der Waals surface area contributed by atoms with Gasteiger partial charge in [0.2, 0.25) is 0 Å². The number of hydrogen-bond acceptors (Lipinski definition) is 4. The topological polar surface area (TPSA) is 55.8 Å². The van der Waals surface area contributed by atoms with Crippen LogP contribution in [0.5, 0.6) is 0 Å². The normalized spacial score (nSPS) is 17.8. The first-order valence-electron chi connectivity index (χ1n) is 8.12. The molecule has 1 heterocycles. The number of benzene rings is 1. The number of likely N-dealkylation sites (tertiary alicyclic amines) is 1. The predicted octanol–water partition coefficient (Wildman–Crippen LogP) is 3.42. The molecule has 0 N–H and O–H groups in total. The molecule has 0 aromatic heterocycles. The van der Waals surface area contributed by atoms with Gasteiger partial charge in [-0.3, -0.25) is 4.79 Å². The van der Waals surface area contributed by atoms with Crippen molar-refractivity contribution in [1.82, 2.24) is 4.90 Å². The van der Waals surface area contributed by atoms with Crippen LogP contribution >= 0.6 is 0 Å². The second-order valence-electron chi connectivity index (χ2n) is 6.91. The third-order valence-corrected chi connectivity index (χ3v) is 3.71. The van der Waals surface area contributed by atoms with Gasteiger partial charge in [-0.2, -0.15) is 0 Å². The zero-order valence-corrected chi connectivity index (χ0v) is 14.4. The average Bonchev–Trinajstić information content (AvgIpc) is 2.94. The lowest BCUT2D eigenvalue weighted by Crippen LogP contribution is -2.41. The zero-order valence-electron chi connectivity index (χ0n) is 14.4. The molecule has 1 aliphatic rings. The van der Waals surface area contributed by atoms with Gasteiger partial charge in [-0.1, -0.05) is 0 Å². The second-order valence-corrected chi connectivity index (χ2v) is 6.91. The van der Waals surface area contributed by atoms with E-state index in [-0.39, 0.29) is 36.9 Å². The highest BCUT2D eigenvalue weighted by atomic mass is 19.1. The summed E-state index contributed by atoms with van der Waals surface area (Å²) in [5.74, 6) is -0.594. The lowest BCUT2D eigenvalue weighted by Gasteiger charge is -2.28. The quantitative estimate of drug-likeness (QED) is 0.773. The van der Waals surface area contributed by atoms with Crippen LogP contribution in [0.15, 0.2) is 24.3 Å². The number of ketones is 1. The molecule has 5 nitrogen and oxygen atoms in total. The van der Waals surface area contributed by atoms with Crippen molar-refractivity contribution in [3.05, 3.63) is 35.6 Å². The van der Waals surface area contributed by atoms with E-state index in [2.05, 4.69) is 0 Å². The fourth-order valence-corrected chi connectivity index (χ4v) is 2.58. The molecule has 6 heteroatoms. The third-order valence-electron chi connectivity index (χ3n) is 3.71. The molecule has 1 amide bonds. The fraction of sp³-hybridized carbons (Fsp3) is 0.556. The standard InChI is InChI=1S/C18H24FNO4/c1-18(2,3)24-17(22)20-10-4-5-15(20)11-23-12-16(21)13-6-8-14(19)9-7-13/h6-9,15H,4-5,10-12H2,1-3H3. The van der Waals surface area contributed by atoms with E-state index in [1.165, 1.54) is 24.3 Å². The highest BCUT2D eigenvalue weighted by molar-refractivity contribution is 5.97. The molecule has 2 rings (SSSR count). The maximum Gasteiger partial charge on any atom is 0.410 e. The Morgan fingerprint density at radius 1 is 1.25 bits per heavy atom. The SMILES string of the molecule is CC(C)(C)OC(=O)N1CCCC1COCC(=O)c1ccc(F)cc1. The Morgan fingerprint density at radius 2 is 1.92 bits per heavy atom. The number of carbonyl (C=O) groups is 2. The first kappa shape index (κ1) is 18.4. The largest absolute Gasteiger partial charge is 0.444 e. The van der Waals surface area contributed by atoms with Crippen LogP contribution in [0, 0.1) is 5.82 Å². The Bertz CT molecular complexity index is 580. The first-order valence-corrected chi connectivity index (χ1v) is 8.12. The van der Waals surface area contributed by atoms with Gasteiger partial charge in [0.05, 0.1) is 12.6 Å². The number of nitrogens with zero attached hydrogens (tertiary/aromatic N) is 1. The van der Waals surface area contributed by atoms with Crippen LogP contribution < -0.4 is 0 Å². The number of carbonyl (C=O) groups excluding carboxylic acids is 2. The molecule has 132 valence electrons. The van der Waals surface area contributed by atoms with E-state index in [0.29, 0.717) is 12.1 Å². The Balaban J connectivity index is 1.81. The molecule has 0 bridgehead atoms. The lowest BCUT2D eigenvalue weighted by atomic mass is 10.1. The summed E-state index contributed by atoms with van der Waals surface area (Å²) in [5.41, 5.74) is -0.129. The van der Waals surface area contributed by atoms with Crippen molar-refractivity contribution in [3.8, 4) is 0 Å². The van der Waals surface area contributed by atoms with Crippen LogP contribution in [-0.4, -0.2) is 48.2 Å². The molecule has 0 radical (unpaired) electrons. The summed E-state index contributed by atoms with van der Waals surface area (Å²) in [4.78, 5) is 25.8. The first-order chi connectivity index (χ1) is 11.3. The van der Waals surface area contributed by atoms with Crippen LogP contribution in [-0.2, 0) is 9.47 Å². The van der Waals surface area contributed by atoms with Crippen LogP contribution in [0.25, 0.3) is 0 Å². The molecule has 1 atom stereocenters. The highest BCUT2D eigenvalue weighted by Crippen LogP contribution is 2.21. The average molecular weight is 337 g/mol. The summed E-state index contributed by atoms with van der Waals surface area (Å²) in [6.07, 6.45) is 1.36. The minimum Gasteiger partial charge on any atom is -0.444 e. The van der Waals surface area contributed by atoms with Gasteiger partial charge in [0.25, 0.3) is 0 Å². The molecule has 24 heavy (non-hydrogen) atoms. The summed E-state index contributed by atoms with van der Waals surface area (Å²) in [6, 6.07) is 5.27. The number of Topliss-reactive ketones (excluding diaryl/α,β-unsaturated/α-hetero) is 1. The molecule has 0 spiro atoms. The minimum atomic E-state index is -0.538. The third kappa shape index (κ3) is 5.30. The van der Waals surface area contributed by atoms with Crippen molar-refractivity contribution in [2.24, 2.45) is 0 Å². The Kier molecular flexibility index (Phi) is 5.94. The van der Waals surface area contributed by atoms with Crippen molar-refractivity contribution >= 4 is 11.9 Å². The van der Waals surface area contributed by atoms with Gasteiger partial charge in [-0.25, -0.2) is 9.18 Å². The van der Waals surface area contributed by atoms with Gasteiger partial charge in [0, 0.05) is 12.1 Å².